The number of benzene rings is 1. The number of anilines is 1. The molecule has 2 heteroatoms. The van der Waals surface area contributed by atoms with Crippen LogP contribution in [-0.4, -0.2) is 19.3 Å². The molecule has 1 aromatic rings. The predicted octanol–water partition coefficient (Wildman–Crippen LogP) is 3.40. The third-order valence-electron chi connectivity index (χ3n) is 2.79. The molecule has 0 N–H and O–H groups in total. The van der Waals surface area contributed by atoms with Crippen LogP contribution in [0, 0.1) is 0 Å². The maximum absolute atomic E-state index is 4.40. The first-order chi connectivity index (χ1) is 7.42. The monoisotopic (exact) mass is 202 g/mol. The van der Waals surface area contributed by atoms with E-state index < -0.39 is 0 Å². The molecule has 2 nitrogen and oxygen atoms in total. The lowest BCUT2D eigenvalue weighted by Crippen LogP contribution is -2.28. The number of hydrogen-bond donors (Lipinski definition) is 0. The molecule has 0 bridgehead atoms. The number of rotatable bonds is 4. The Morgan fingerprint density at radius 1 is 1.27 bits per heavy atom. The maximum Gasteiger partial charge on any atom is 0.0860 e. The summed E-state index contributed by atoms with van der Waals surface area (Å²) in [6, 6.07) is 8.38. The summed E-state index contributed by atoms with van der Waals surface area (Å²) in [4.78, 5) is 6.82. The van der Waals surface area contributed by atoms with Crippen LogP contribution < -0.4 is 4.90 Å². The molecule has 0 unspecified atom stereocenters. The summed E-state index contributed by atoms with van der Waals surface area (Å²) in [5, 5.41) is 0. The first-order valence-electron chi connectivity index (χ1n) is 5.78. The van der Waals surface area contributed by atoms with Gasteiger partial charge in [-0.05, 0) is 18.6 Å². The van der Waals surface area contributed by atoms with Gasteiger partial charge in [-0.25, -0.2) is 0 Å². The van der Waals surface area contributed by atoms with Gasteiger partial charge >= 0.3 is 0 Å². The minimum atomic E-state index is 0.959. The molecule has 0 radical (unpaired) electrons. The van der Waals surface area contributed by atoms with E-state index in [9.17, 15) is 0 Å². The summed E-state index contributed by atoms with van der Waals surface area (Å²) in [6.45, 7) is 4.35. The fraction of sp³-hybridized carbons (Fsp3) is 0.462. The molecule has 80 valence electrons. The summed E-state index contributed by atoms with van der Waals surface area (Å²) >= 11 is 0. The Labute approximate surface area is 91.6 Å². The van der Waals surface area contributed by atoms with Gasteiger partial charge in [-0.3, -0.25) is 4.99 Å². The van der Waals surface area contributed by atoms with Crippen molar-refractivity contribution in [3.8, 4) is 0 Å². The van der Waals surface area contributed by atoms with E-state index in [4.69, 9.17) is 0 Å². The van der Waals surface area contributed by atoms with Crippen LogP contribution in [0.25, 0.3) is 0 Å². The second-order valence-electron chi connectivity index (χ2n) is 3.95. The van der Waals surface area contributed by atoms with E-state index >= 15 is 0 Å². The molecule has 0 aromatic heterocycles. The zero-order valence-electron chi connectivity index (χ0n) is 9.32. The number of hydrogen-bond acceptors (Lipinski definition) is 2. The molecule has 1 heterocycles. The van der Waals surface area contributed by atoms with Gasteiger partial charge < -0.3 is 4.90 Å². The molecule has 1 aliphatic rings. The van der Waals surface area contributed by atoms with Gasteiger partial charge in [-0.2, -0.15) is 0 Å². The number of aliphatic imine (C=N–C) groups is 1. The molecule has 0 spiro atoms. The molecule has 15 heavy (non-hydrogen) atoms. The molecule has 0 fully saturated rings. The highest BCUT2D eigenvalue weighted by Gasteiger charge is 2.12. The van der Waals surface area contributed by atoms with Crippen LogP contribution in [-0.2, 0) is 0 Å². The summed E-state index contributed by atoms with van der Waals surface area (Å²) in [5.74, 6) is 0. The Bertz CT molecular complexity index is 344. The van der Waals surface area contributed by atoms with Crippen LogP contribution in [0.4, 0.5) is 11.4 Å². The van der Waals surface area contributed by atoms with Crippen molar-refractivity contribution >= 4 is 17.6 Å². The van der Waals surface area contributed by atoms with Gasteiger partial charge in [0.05, 0.1) is 17.9 Å². The normalized spacial score (nSPS) is 14.1. The van der Waals surface area contributed by atoms with Gasteiger partial charge in [0, 0.05) is 12.8 Å². The molecular weight excluding hydrogens is 184 g/mol. The lowest BCUT2D eigenvalue weighted by Gasteiger charge is -2.27. The summed E-state index contributed by atoms with van der Waals surface area (Å²) in [5.41, 5.74) is 2.40. The first kappa shape index (κ1) is 10.2. The SMILES string of the molecule is CCCCCN1CC=Nc2ccccc21. The standard InChI is InChI=1S/C13H18N2/c1-2-3-6-10-15-11-9-14-12-7-4-5-8-13(12)15/h4-5,7-9H,2-3,6,10-11H2,1H3. The van der Waals surface area contributed by atoms with Crippen molar-refractivity contribution in [2.45, 2.75) is 26.2 Å². The van der Waals surface area contributed by atoms with Crippen LogP contribution in [0.1, 0.15) is 26.2 Å². The highest BCUT2D eigenvalue weighted by molar-refractivity contribution is 5.81. The fourth-order valence-electron chi connectivity index (χ4n) is 1.94. The van der Waals surface area contributed by atoms with E-state index in [2.05, 4.69) is 35.0 Å². The van der Waals surface area contributed by atoms with E-state index in [1.165, 1.54) is 24.9 Å². The summed E-state index contributed by atoms with van der Waals surface area (Å²) in [7, 11) is 0. The highest BCUT2D eigenvalue weighted by Crippen LogP contribution is 2.30. The largest absolute Gasteiger partial charge is 0.365 e. The third kappa shape index (κ3) is 2.38. The lowest BCUT2D eigenvalue weighted by atomic mass is 10.2. The molecule has 0 aliphatic carbocycles. The van der Waals surface area contributed by atoms with E-state index in [-0.39, 0.29) is 0 Å². The molecule has 2 rings (SSSR count). The Kier molecular flexibility index (Phi) is 3.38. The smallest absolute Gasteiger partial charge is 0.0860 e. The number of unbranched alkanes of at least 4 members (excludes halogenated alkanes) is 2. The molecule has 0 saturated heterocycles. The average Bonchev–Trinajstić information content (AvgIpc) is 2.30. The van der Waals surface area contributed by atoms with Gasteiger partial charge in [0.25, 0.3) is 0 Å². The van der Waals surface area contributed by atoms with Crippen LogP contribution in [0.5, 0.6) is 0 Å². The number of nitrogens with zero attached hydrogens (tertiary/aromatic N) is 2. The number of para-hydroxylation sites is 2. The minimum Gasteiger partial charge on any atom is -0.365 e. The zero-order valence-corrected chi connectivity index (χ0v) is 9.32. The van der Waals surface area contributed by atoms with Crippen molar-refractivity contribution in [1.82, 2.24) is 0 Å². The van der Waals surface area contributed by atoms with E-state index in [1.807, 2.05) is 12.3 Å². The molecule has 1 aromatic carbocycles. The van der Waals surface area contributed by atoms with Crippen molar-refractivity contribution in [1.29, 1.82) is 0 Å². The van der Waals surface area contributed by atoms with Crippen molar-refractivity contribution in [2.24, 2.45) is 4.99 Å². The second-order valence-corrected chi connectivity index (χ2v) is 3.95. The van der Waals surface area contributed by atoms with Crippen LogP contribution in [0.3, 0.4) is 0 Å². The van der Waals surface area contributed by atoms with Gasteiger partial charge in [0.1, 0.15) is 0 Å². The van der Waals surface area contributed by atoms with Gasteiger partial charge in [0.2, 0.25) is 0 Å². The molecule has 0 amide bonds. The Balaban J connectivity index is 2.05. The quantitative estimate of drug-likeness (QED) is 0.683. The van der Waals surface area contributed by atoms with Gasteiger partial charge in [-0.1, -0.05) is 31.9 Å². The highest BCUT2D eigenvalue weighted by atomic mass is 15.2. The van der Waals surface area contributed by atoms with Crippen molar-refractivity contribution in [2.75, 3.05) is 18.0 Å². The predicted molar refractivity (Wildman–Crippen MR) is 66.3 cm³/mol. The van der Waals surface area contributed by atoms with E-state index in [0.717, 1.165) is 18.8 Å². The lowest BCUT2D eigenvalue weighted by molar-refractivity contribution is 0.697. The van der Waals surface area contributed by atoms with Crippen LogP contribution in [0.2, 0.25) is 0 Å². The molecular formula is C13H18N2. The van der Waals surface area contributed by atoms with E-state index in [0.29, 0.717) is 0 Å². The minimum absolute atomic E-state index is 0.959. The second kappa shape index (κ2) is 4.96. The molecule has 0 atom stereocenters. The van der Waals surface area contributed by atoms with Gasteiger partial charge in [0.15, 0.2) is 0 Å². The first-order valence-corrected chi connectivity index (χ1v) is 5.78. The number of fused-ring (bicyclic) bond motifs is 1. The van der Waals surface area contributed by atoms with Crippen molar-refractivity contribution in [3.05, 3.63) is 24.3 Å². The third-order valence-corrected chi connectivity index (χ3v) is 2.79. The zero-order chi connectivity index (χ0) is 10.5. The topological polar surface area (TPSA) is 15.6 Å². The summed E-state index contributed by atoms with van der Waals surface area (Å²) < 4.78 is 0. The Hall–Kier alpha value is -1.31. The van der Waals surface area contributed by atoms with E-state index in [1.54, 1.807) is 0 Å². The molecule has 0 saturated carbocycles. The van der Waals surface area contributed by atoms with Crippen LogP contribution in [0.15, 0.2) is 29.3 Å². The van der Waals surface area contributed by atoms with Gasteiger partial charge in [-0.15, -0.1) is 0 Å². The fourth-order valence-corrected chi connectivity index (χ4v) is 1.94. The van der Waals surface area contributed by atoms with Crippen LogP contribution >= 0.6 is 0 Å². The Morgan fingerprint density at radius 2 is 2.13 bits per heavy atom. The summed E-state index contributed by atoms with van der Waals surface area (Å²) in [6.07, 6.45) is 5.88. The maximum atomic E-state index is 4.40. The Morgan fingerprint density at radius 3 is 3.00 bits per heavy atom. The van der Waals surface area contributed by atoms with Crippen molar-refractivity contribution in [3.63, 3.8) is 0 Å². The van der Waals surface area contributed by atoms with Crippen molar-refractivity contribution < 1.29 is 0 Å². The molecule has 1 aliphatic heterocycles. The average molecular weight is 202 g/mol.